The Morgan fingerprint density at radius 2 is 2.45 bits per heavy atom. The lowest BCUT2D eigenvalue weighted by Gasteiger charge is -2.14. The Balaban J connectivity index is 2.34. The second-order valence-corrected chi connectivity index (χ2v) is 3.21. The molecule has 0 heterocycles. The lowest BCUT2D eigenvalue weighted by atomic mass is 9.95. The molecule has 1 aliphatic rings. The maximum absolute atomic E-state index is 5.74. The lowest BCUT2D eigenvalue weighted by molar-refractivity contribution is 0.655. The molecule has 62 valence electrons. The molecule has 1 nitrogen and oxygen atoms in total. The second-order valence-electron chi connectivity index (χ2n) is 3.21. The van der Waals surface area contributed by atoms with Gasteiger partial charge in [0.25, 0.3) is 0 Å². The lowest BCUT2D eigenvalue weighted by Crippen LogP contribution is -2.17. The monoisotopic (exact) mass is 151 g/mol. The van der Waals surface area contributed by atoms with Crippen LogP contribution >= 0.6 is 0 Å². The van der Waals surface area contributed by atoms with Crippen molar-refractivity contribution in [2.45, 2.75) is 38.1 Å². The van der Waals surface area contributed by atoms with E-state index in [1.807, 2.05) is 6.08 Å². The van der Waals surface area contributed by atoms with Crippen molar-refractivity contribution in [3.63, 3.8) is 0 Å². The third-order valence-electron chi connectivity index (χ3n) is 2.19. The summed E-state index contributed by atoms with van der Waals surface area (Å²) in [7, 11) is 0. The van der Waals surface area contributed by atoms with Gasteiger partial charge in [0.05, 0.1) is 0 Å². The molecule has 0 amide bonds. The first-order valence-electron chi connectivity index (χ1n) is 4.39. The van der Waals surface area contributed by atoms with Crippen LogP contribution in [-0.2, 0) is 0 Å². The van der Waals surface area contributed by atoms with Crippen molar-refractivity contribution in [1.82, 2.24) is 0 Å². The molecule has 0 aliphatic heterocycles. The molecular formula is C10H17N. The van der Waals surface area contributed by atoms with Gasteiger partial charge in [0.2, 0.25) is 0 Å². The summed E-state index contributed by atoms with van der Waals surface area (Å²) in [4.78, 5) is 0. The molecule has 0 bridgehead atoms. The van der Waals surface area contributed by atoms with E-state index in [2.05, 4.69) is 12.7 Å². The Morgan fingerprint density at radius 3 is 3.00 bits per heavy atom. The fourth-order valence-electron chi connectivity index (χ4n) is 1.48. The molecular weight excluding hydrogens is 134 g/mol. The van der Waals surface area contributed by atoms with E-state index in [1.54, 1.807) is 0 Å². The standard InChI is InChI=1S/C10H17N/c1-2-10(11)8-9-6-4-3-5-7-9/h2,6,10H,1,3-5,7-8,11H2. The van der Waals surface area contributed by atoms with Crippen LogP contribution in [-0.4, -0.2) is 6.04 Å². The highest BCUT2D eigenvalue weighted by molar-refractivity contribution is 5.08. The molecule has 0 spiro atoms. The Hall–Kier alpha value is -0.560. The normalized spacial score (nSPS) is 20.6. The fourth-order valence-corrected chi connectivity index (χ4v) is 1.48. The van der Waals surface area contributed by atoms with Crippen LogP contribution in [0.4, 0.5) is 0 Å². The fraction of sp³-hybridized carbons (Fsp3) is 0.600. The van der Waals surface area contributed by atoms with Crippen molar-refractivity contribution in [3.05, 3.63) is 24.3 Å². The zero-order valence-corrected chi connectivity index (χ0v) is 7.05. The first-order valence-corrected chi connectivity index (χ1v) is 4.39. The van der Waals surface area contributed by atoms with Crippen LogP contribution < -0.4 is 5.73 Å². The minimum absolute atomic E-state index is 0.166. The molecule has 0 aromatic rings. The minimum atomic E-state index is 0.166. The maximum Gasteiger partial charge on any atom is 0.0258 e. The van der Waals surface area contributed by atoms with Crippen LogP contribution in [0.25, 0.3) is 0 Å². The van der Waals surface area contributed by atoms with Gasteiger partial charge in [-0.15, -0.1) is 6.58 Å². The van der Waals surface area contributed by atoms with E-state index in [0.717, 1.165) is 6.42 Å². The maximum atomic E-state index is 5.74. The summed E-state index contributed by atoms with van der Waals surface area (Å²) in [5.41, 5.74) is 7.28. The Labute approximate surface area is 69.0 Å². The molecule has 1 heteroatoms. The highest BCUT2D eigenvalue weighted by atomic mass is 14.6. The molecule has 0 aromatic heterocycles. The molecule has 1 rings (SSSR count). The number of nitrogens with two attached hydrogens (primary N) is 1. The van der Waals surface area contributed by atoms with E-state index in [9.17, 15) is 0 Å². The summed E-state index contributed by atoms with van der Waals surface area (Å²) in [5, 5.41) is 0. The Bertz CT molecular complexity index is 158. The smallest absolute Gasteiger partial charge is 0.0258 e. The Kier molecular flexibility index (Phi) is 3.37. The molecule has 0 aromatic carbocycles. The molecule has 1 atom stereocenters. The molecule has 0 saturated heterocycles. The van der Waals surface area contributed by atoms with Crippen LogP contribution in [0, 0.1) is 0 Å². The molecule has 11 heavy (non-hydrogen) atoms. The molecule has 1 unspecified atom stereocenters. The highest BCUT2D eigenvalue weighted by Gasteiger charge is 2.05. The number of allylic oxidation sites excluding steroid dienone is 1. The van der Waals surface area contributed by atoms with Crippen molar-refractivity contribution in [2.24, 2.45) is 5.73 Å². The minimum Gasteiger partial charge on any atom is -0.324 e. The first kappa shape index (κ1) is 8.54. The van der Waals surface area contributed by atoms with Crippen molar-refractivity contribution in [1.29, 1.82) is 0 Å². The summed E-state index contributed by atoms with van der Waals surface area (Å²) in [6.07, 6.45) is 10.4. The second kappa shape index (κ2) is 4.35. The summed E-state index contributed by atoms with van der Waals surface area (Å²) in [5.74, 6) is 0. The van der Waals surface area contributed by atoms with E-state index in [4.69, 9.17) is 5.73 Å². The predicted molar refractivity (Wildman–Crippen MR) is 49.3 cm³/mol. The van der Waals surface area contributed by atoms with E-state index >= 15 is 0 Å². The van der Waals surface area contributed by atoms with Gasteiger partial charge in [-0.2, -0.15) is 0 Å². The van der Waals surface area contributed by atoms with Crippen LogP contribution in [0.1, 0.15) is 32.1 Å². The van der Waals surface area contributed by atoms with Gasteiger partial charge in [-0.05, 0) is 32.1 Å². The average molecular weight is 151 g/mol. The third kappa shape index (κ3) is 2.89. The predicted octanol–water partition coefficient (Wildman–Crippen LogP) is 2.39. The SMILES string of the molecule is C=CC(N)CC1=CCCCC1. The van der Waals surface area contributed by atoms with Gasteiger partial charge in [-0.25, -0.2) is 0 Å². The van der Waals surface area contributed by atoms with Crippen molar-refractivity contribution < 1.29 is 0 Å². The zero-order valence-electron chi connectivity index (χ0n) is 7.05. The molecule has 2 N–H and O–H groups in total. The summed E-state index contributed by atoms with van der Waals surface area (Å²) in [6, 6.07) is 0.166. The van der Waals surface area contributed by atoms with Crippen LogP contribution in [0.15, 0.2) is 24.3 Å². The molecule has 1 aliphatic carbocycles. The molecule has 0 fully saturated rings. The largest absolute Gasteiger partial charge is 0.324 e. The van der Waals surface area contributed by atoms with Gasteiger partial charge < -0.3 is 5.73 Å². The molecule has 0 saturated carbocycles. The summed E-state index contributed by atoms with van der Waals surface area (Å²) in [6.45, 7) is 3.67. The molecule has 0 radical (unpaired) electrons. The third-order valence-corrected chi connectivity index (χ3v) is 2.19. The van der Waals surface area contributed by atoms with Gasteiger partial charge in [-0.3, -0.25) is 0 Å². The van der Waals surface area contributed by atoms with Gasteiger partial charge in [-0.1, -0.05) is 17.7 Å². The van der Waals surface area contributed by atoms with Crippen LogP contribution in [0.3, 0.4) is 0 Å². The van der Waals surface area contributed by atoms with Crippen molar-refractivity contribution in [2.75, 3.05) is 0 Å². The number of rotatable bonds is 3. The summed E-state index contributed by atoms with van der Waals surface area (Å²) >= 11 is 0. The summed E-state index contributed by atoms with van der Waals surface area (Å²) < 4.78 is 0. The van der Waals surface area contributed by atoms with Crippen LogP contribution in [0.2, 0.25) is 0 Å². The highest BCUT2D eigenvalue weighted by Crippen LogP contribution is 2.20. The first-order chi connectivity index (χ1) is 5.33. The van der Waals surface area contributed by atoms with E-state index in [1.165, 1.54) is 31.3 Å². The number of hydrogen-bond donors (Lipinski definition) is 1. The van der Waals surface area contributed by atoms with Gasteiger partial charge in [0.15, 0.2) is 0 Å². The quantitative estimate of drug-likeness (QED) is 0.616. The van der Waals surface area contributed by atoms with E-state index in [-0.39, 0.29) is 6.04 Å². The van der Waals surface area contributed by atoms with E-state index < -0.39 is 0 Å². The van der Waals surface area contributed by atoms with Crippen LogP contribution in [0.5, 0.6) is 0 Å². The topological polar surface area (TPSA) is 26.0 Å². The zero-order chi connectivity index (χ0) is 8.10. The van der Waals surface area contributed by atoms with Gasteiger partial charge >= 0.3 is 0 Å². The number of hydrogen-bond acceptors (Lipinski definition) is 1. The van der Waals surface area contributed by atoms with Gasteiger partial charge in [0.1, 0.15) is 0 Å². The van der Waals surface area contributed by atoms with Crippen molar-refractivity contribution >= 4 is 0 Å². The van der Waals surface area contributed by atoms with Gasteiger partial charge in [0, 0.05) is 6.04 Å². The Morgan fingerprint density at radius 1 is 1.64 bits per heavy atom. The van der Waals surface area contributed by atoms with E-state index in [0.29, 0.717) is 0 Å². The van der Waals surface area contributed by atoms with Crippen molar-refractivity contribution in [3.8, 4) is 0 Å². The average Bonchev–Trinajstić information content (AvgIpc) is 2.06.